The molecule has 0 unspecified atom stereocenters. The fourth-order valence-corrected chi connectivity index (χ4v) is 5.21. The summed E-state index contributed by atoms with van der Waals surface area (Å²) < 4.78 is 19.2. The third kappa shape index (κ3) is 5.42. The first-order valence-corrected chi connectivity index (χ1v) is 12.4. The molecular weight excluding hydrogens is 475 g/mol. The molecule has 8 heteroatoms. The summed E-state index contributed by atoms with van der Waals surface area (Å²) in [4.78, 5) is 31.3. The molecule has 3 aromatic rings. The van der Waals surface area contributed by atoms with Gasteiger partial charge < -0.3 is 14.5 Å². The number of carbonyl (C=O) groups excluding carboxylic acids is 2. The number of nitrogens with zero attached hydrogens (tertiary/aromatic N) is 2. The lowest BCUT2D eigenvalue weighted by Gasteiger charge is -2.37. The van der Waals surface area contributed by atoms with Crippen LogP contribution in [0.2, 0.25) is 5.02 Å². The van der Waals surface area contributed by atoms with Crippen molar-refractivity contribution in [1.29, 1.82) is 0 Å². The molecule has 0 spiro atoms. The van der Waals surface area contributed by atoms with Gasteiger partial charge in [-0.3, -0.25) is 9.59 Å². The van der Waals surface area contributed by atoms with Gasteiger partial charge in [0.15, 0.2) is 0 Å². The Kier molecular flexibility index (Phi) is 7.54. The number of hydrogen-bond donors (Lipinski definition) is 0. The molecule has 1 aromatic heterocycles. The Bertz CT molecular complexity index is 1160. The highest BCUT2D eigenvalue weighted by molar-refractivity contribution is 7.10. The Balaban J connectivity index is 1.53. The number of thiophene rings is 1. The van der Waals surface area contributed by atoms with Crippen molar-refractivity contribution >= 4 is 34.8 Å². The summed E-state index contributed by atoms with van der Waals surface area (Å²) >= 11 is 7.74. The third-order valence-corrected chi connectivity index (χ3v) is 7.13. The molecular formula is C26H26ClFN2O3S. The fourth-order valence-electron chi connectivity index (χ4n) is 4.09. The predicted molar refractivity (Wildman–Crippen MR) is 132 cm³/mol. The summed E-state index contributed by atoms with van der Waals surface area (Å²) in [5.74, 6) is -0.178. The van der Waals surface area contributed by atoms with Crippen LogP contribution in [0.3, 0.4) is 0 Å². The van der Waals surface area contributed by atoms with E-state index in [2.05, 4.69) is 0 Å². The SMILES string of the molecule is CC(C)N(CC(=O)N1CCc2sccc2[C@H]1COc1ccc(F)cc1)C(=O)c1cccc(Cl)c1. The van der Waals surface area contributed by atoms with E-state index in [-0.39, 0.29) is 42.9 Å². The first kappa shape index (κ1) is 24.2. The minimum absolute atomic E-state index is 0.0461. The first-order chi connectivity index (χ1) is 16.3. The zero-order chi connectivity index (χ0) is 24.2. The molecule has 0 fully saturated rings. The number of rotatable bonds is 7. The van der Waals surface area contributed by atoms with Crippen molar-refractivity contribution < 1.29 is 18.7 Å². The third-order valence-electron chi connectivity index (χ3n) is 5.90. The molecule has 2 amide bonds. The number of benzene rings is 2. The molecule has 0 bridgehead atoms. The Morgan fingerprint density at radius 2 is 1.97 bits per heavy atom. The van der Waals surface area contributed by atoms with E-state index in [1.54, 1.807) is 57.5 Å². The van der Waals surface area contributed by atoms with Gasteiger partial charge in [-0.2, -0.15) is 0 Å². The number of carbonyl (C=O) groups is 2. The summed E-state index contributed by atoms with van der Waals surface area (Å²) in [6.45, 7) is 4.51. The van der Waals surface area contributed by atoms with Gasteiger partial charge in [-0.1, -0.05) is 17.7 Å². The molecule has 0 radical (unpaired) electrons. The Hall–Kier alpha value is -2.90. The van der Waals surface area contributed by atoms with Crippen LogP contribution in [-0.4, -0.2) is 47.4 Å². The summed E-state index contributed by atoms with van der Waals surface area (Å²) in [7, 11) is 0. The number of fused-ring (bicyclic) bond motifs is 1. The number of amides is 2. The molecule has 5 nitrogen and oxygen atoms in total. The highest BCUT2D eigenvalue weighted by Crippen LogP contribution is 2.34. The van der Waals surface area contributed by atoms with Gasteiger partial charge >= 0.3 is 0 Å². The quantitative estimate of drug-likeness (QED) is 0.424. The monoisotopic (exact) mass is 500 g/mol. The van der Waals surface area contributed by atoms with Crippen LogP contribution in [0.4, 0.5) is 4.39 Å². The van der Waals surface area contributed by atoms with Gasteiger partial charge in [-0.15, -0.1) is 11.3 Å². The molecule has 0 saturated heterocycles. The molecule has 0 N–H and O–H groups in total. The lowest BCUT2D eigenvalue weighted by Crippen LogP contribution is -2.49. The van der Waals surface area contributed by atoms with Crippen LogP contribution in [-0.2, 0) is 11.2 Å². The highest BCUT2D eigenvalue weighted by atomic mass is 35.5. The minimum atomic E-state index is -0.333. The fraction of sp³-hybridized carbons (Fsp3) is 0.308. The largest absolute Gasteiger partial charge is 0.491 e. The van der Waals surface area contributed by atoms with Crippen molar-refractivity contribution in [2.75, 3.05) is 19.7 Å². The summed E-state index contributed by atoms with van der Waals surface area (Å²) in [6, 6.07) is 14.1. The maximum atomic E-state index is 13.5. The van der Waals surface area contributed by atoms with E-state index in [9.17, 15) is 14.0 Å². The molecule has 1 atom stereocenters. The Morgan fingerprint density at radius 1 is 1.21 bits per heavy atom. The molecule has 1 aliphatic rings. The predicted octanol–water partition coefficient (Wildman–Crippen LogP) is 5.60. The average molecular weight is 501 g/mol. The molecule has 0 saturated carbocycles. The molecule has 34 heavy (non-hydrogen) atoms. The Labute approximate surface area is 207 Å². The molecule has 178 valence electrons. The second-order valence-electron chi connectivity index (χ2n) is 8.45. The van der Waals surface area contributed by atoms with Crippen molar-refractivity contribution in [1.82, 2.24) is 9.80 Å². The van der Waals surface area contributed by atoms with Crippen LogP contribution in [0.5, 0.6) is 5.75 Å². The van der Waals surface area contributed by atoms with Crippen LogP contribution >= 0.6 is 22.9 Å². The molecule has 2 aromatic carbocycles. The van der Waals surface area contributed by atoms with Gasteiger partial charge in [0.2, 0.25) is 5.91 Å². The highest BCUT2D eigenvalue weighted by Gasteiger charge is 2.34. The van der Waals surface area contributed by atoms with Crippen molar-refractivity contribution in [3.05, 3.63) is 86.8 Å². The standard InChI is InChI=1S/C26H26ClFN2O3S/c1-17(2)30(26(32)18-4-3-5-19(27)14-18)15-25(31)29-12-10-24-22(11-13-34-24)23(29)16-33-21-8-6-20(28)7-9-21/h3-9,11,13-14,17,23H,10,12,15-16H2,1-2H3/t23-/m1/s1. The number of halogens is 2. The smallest absolute Gasteiger partial charge is 0.254 e. The van der Waals surface area contributed by atoms with E-state index in [0.29, 0.717) is 22.9 Å². The van der Waals surface area contributed by atoms with Gasteiger partial charge in [0.25, 0.3) is 5.91 Å². The normalized spacial score (nSPS) is 15.2. The molecule has 4 rings (SSSR count). The topological polar surface area (TPSA) is 49.9 Å². The second kappa shape index (κ2) is 10.6. The lowest BCUT2D eigenvalue weighted by atomic mass is 10.00. The Morgan fingerprint density at radius 3 is 2.68 bits per heavy atom. The minimum Gasteiger partial charge on any atom is -0.491 e. The second-order valence-corrected chi connectivity index (χ2v) is 9.89. The van der Waals surface area contributed by atoms with Gasteiger partial charge in [-0.05, 0) is 79.7 Å². The molecule has 2 heterocycles. The molecule has 1 aliphatic heterocycles. The van der Waals surface area contributed by atoms with E-state index in [0.717, 1.165) is 12.0 Å². The molecule has 0 aliphatic carbocycles. The zero-order valence-electron chi connectivity index (χ0n) is 19.0. The van der Waals surface area contributed by atoms with Gasteiger partial charge in [0, 0.05) is 28.0 Å². The first-order valence-electron chi connectivity index (χ1n) is 11.1. The summed E-state index contributed by atoms with van der Waals surface area (Å²) in [5, 5.41) is 2.49. The van der Waals surface area contributed by atoms with E-state index in [1.165, 1.54) is 17.0 Å². The van der Waals surface area contributed by atoms with E-state index in [1.807, 2.05) is 25.3 Å². The number of hydrogen-bond acceptors (Lipinski definition) is 4. The van der Waals surface area contributed by atoms with Crippen molar-refractivity contribution in [3.63, 3.8) is 0 Å². The van der Waals surface area contributed by atoms with Crippen LogP contribution in [0.15, 0.2) is 60.0 Å². The lowest BCUT2D eigenvalue weighted by molar-refractivity contribution is -0.136. The number of ether oxygens (including phenoxy) is 1. The van der Waals surface area contributed by atoms with E-state index < -0.39 is 0 Å². The van der Waals surface area contributed by atoms with Crippen molar-refractivity contribution in [2.24, 2.45) is 0 Å². The van der Waals surface area contributed by atoms with Crippen LogP contribution in [0.1, 0.15) is 40.7 Å². The maximum Gasteiger partial charge on any atom is 0.254 e. The van der Waals surface area contributed by atoms with Crippen LogP contribution in [0, 0.1) is 5.82 Å². The van der Waals surface area contributed by atoms with Crippen LogP contribution in [0.25, 0.3) is 0 Å². The summed E-state index contributed by atoms with van der Waals surface area (Å²) in [5.41, 5.74) is 1.51. The average Bonchev–Trinajstić information content (AvgIpc) is 3.30. The zero-order valence-corrected chi connectivity index (χ0v) is 20.6. The van der Waals surface area contributed by atoms with E-state index >= 15 is 0 Å². The van der Waals surface area contributed by atoms with Crippen LogP contribution < -0.4 is 4.74 Å². The van der Waals surface area contributed by atoms with Gasteiger partial charge in [0.1, 0.15) is 24.7 Å². The van der Waals surface area contributed by atoms with Gasteiger partial charge in [0.05, 0.1) is 6.04 Å². The van der Waals surface area contributed by atoms with Crippen molar-refractivity contribution in [3.8, 4) is 5.75 Å². The van der Waals surface area contributed by atoms with Gasteiger partial charge in [-0.25, -0.2) is 4.39 Å². The summed E-state index contributed by atoms with van der Waals surface area (Å²) in [6.07, 6.45) is 0.760. The van der Waals surface area contributed by atoms with E-state index in [4.69, 9.17) is 16.3 Å². The van der Waals surface area contributed by atoms with Crippen molar-refractivity contribution in [2.45, 2.75) is 32.4 Å². The maximum absolute atomic E-state index is 13.5.